The lowest BCUT2D eigenvalue weighted by Gasteiger charge is -2.39. The highest BCUT2D eigenvalue weighted by atomic mass is 79.9. The molecule has 1 aromatic carbocycles. The predicted octanol–water partition coefficient (Wildman–Crippen LogP) is 5.28. The Morgan fingerprint density at radius 1 is 1.06 bits per heavy atom. The highest BCUT2D eigenvalue weighted by molar-refractivity contribution is 9.14. The SMILES string of the molecule is BrC1=C[C@H]([C@@H]2c3ccccc3[C@H]2Br)C[C@H]1Br. The largest absolute Gasteiger partial charge is 0.0833 e. The monoisotopic (exact) mass is 404 g/mol. The van der Waals surface area contributed by atoms with Crippen molar-refractivity contribution in [2.45, 2.75) is 22.0 Å². The van der Waals surface area contributed by atoms with Gasteiger partial charge in [0.2, 0.25) is 0 Å². The molecular weight excluding hydrogens is 396 g/mol. The third kappa shape index (κ3) is 1.67. The van der Waals surface area contributed by atoms with Gasteiger partial charge in [0, 0.05) is 20.1 Å². The molecule has 1 aromatic rings. The van der Waals surface area contributed by atoms with Gasteiger partial charge in [0.1, 0.15) is 0 Å². The number of hydrogen-bond acceptors (Lipinski definition) is 0. The van der Waals surface area contributed by atoms with E-state index < -0.39 is 0 Å². The summed E-state index contributed by atoms with van der Waals surface area (Å²) in [5.74, 6) is 1.30. The Kier molecular flexibility index (Phi) is 3.05. The van der Waals surface area contributed by atoms with E-state index in [-0.39, 0.29) is 0 Å². The average molecular weight is 407 g/mol. The molecule has 0 saturated carbocycles. The molecule has 3 heteroatoms. The summed E-state index contributed by atoms with van der Waals surface area (Å²) in [4.78, 5) is 1.04. The number of alkyl halides is 2. The Morgan fingerprint density at radius 3 is 2.38 bits per heavy atom. The van der Waals surface area contributed by atoms with E-state index in [2.05, 4.69) is 78.1 Å². The van der Waals surface area contributed by atoms with Crippen LogP contribution < -0.4 is 0 Å². The molecule has 16 heavy (non-hydrogen) atoms. The van der Waals surface area contributed by atoms with E-state index in [0.717, 1.165) is 0 Å². The highest BCUT2D eigenvalue weighted by Crippen LogP contribution is 2.57. The van der Waals surface area contributed by atoms with Gasteiger partial charge in [-0.15, -0.1) is 0 Å². The number of halogens is 3. The molecule has 3 rings (SSSR count). The van der Waals surface area contributed by atoms with Gasteiger partial charge < -0.3 is 0 Å². The van der Waals surface area contributed by atoms with E-state index in [1.54, 1.807) is 0 Å². The molecule has 0 heterocycles. The normalized spacial score (nSPS) is 36.6. The van der Waals surface area contributed by atoms with Crippen LogP contribution in [0.4, 0.5) is 0 Å². The van der Waals surface area contributed by atoms with Crippen LogP contribution in [0.5, 0.6) is 0 Å². The maximum absolute atomic E-state index is 3.82. The summed E-state index contributed by atoms with van der Waals surface area (Å²) < 4.78 is 1.31. The molecule has 4 atom stereocenters. The minimum Gasteiger partial charge on any atom is -0.0833 e. The van der Waals surface area contributed by atoms with Crippen LogP contribution >= 0.6 is 47.8 Å². The van der Waals surface area contributed by atoms with Crippen molar-refractivity contribution >= 4 is 47.8 Å². The topological polar surface area (TPSA) is 0 Å². The lowest BCUT2D eigenvalue weighted by molar-refractivity contribution is 0.452. The molecule has 0 spiro atoms. The first-order chi connectivity index (χ1) is 7.68. The van der Waals surface area contributed by atoms with Crippen molar-refractivity contribution in [1.29, 1.82) is 0 Å². The summed E-state index contributed by atoms with van der Waals surface area (Å²) in [6.07, 6.45) is 3.57. The predicted molar refractivity (Wildman–Crippen MR) is 78.7 cm³/mol. The van der Waals surface area contributed by atoms with Crippen LogP contribution in [-0.2, 0) is 0 Å². The minimum absolute atomic E-state index is 0.505. The lowest BCUT2D eigenvalue weighted by atomic mass is 9.70. The van der Waals surface area contributed by atoms with Crippen LogP contribution in [0, 0.1) is 5.92 Å². The third-order valence-electron chi connectivity index (χ3n) is 3.58. The fraction of sp³-hybridized carbons (Fsp3) is 0.385. The van der Waals surface area contributed by atoms with Gasteiger partial charge in [0.05, 0.1) is 0 Å². The van der Waals surface area contributed by atoms with Crippen LogP contribution in [0.1, 0.15) is 28.3 Å². The van der Waals surface area contributed by atoms with Crippen LogP contribution in [0.25, 0.3) is 0 Å². The van der Waals surface area contributed by atoms with Gasteiger partial charge in [-0.1, -0.05) is 78.1 Å². The van der Waals surface area contributed by atoms with Crippen LogP contribution in [0.2, 0.25) is 0 Å². The van der Waals surface area contributed by atoms with Crippen molar-refractivity contribution in [1.82, 2.24) is 0 Å². The summed E-state index contributed by atoms with van der Waals surface area (Å²) in [5, 5.41) is 0. The van der Waals surface area contributed by atoms with Crippen LogP contribution in [-0.4, -0.2) is 4.83 Å². The number of hydrogen-bond donors (Lipinski definition) is 0. The van der Waals surface area contributed by atoms with E-state index in [1.165, 1.54) is 22.0 Å². The Hall–Kier alpha value is 0.400. The maximum atomic E-state index is 3.82. The van der Waals surface area contributed by atoms with Gasteiger partial charge >= 0.3 is 0 Å². The Labute approximate surface area is 121 Å². The average Bonchev–Trinajstić information content (AvgIpc) is 2.58. The van der Waals surface area contributed by atoms with Crippen molar-refractivity contribution in [3.05, 3.63) is 46.0 Å². The first kappa shape index (κ1) is 11.5. The quantitative estimate of drug-likeness (QED) is 0.556. The standard InChI is InChI=1S/C13H11Br3/c14-10-5-7(6-11(10)15)12-8-3-1-2-4-9(8)13(12)16/h1-5,7,11-13H,6H2/t7-,11+,12+,13+/m0/s1. The third-order valence-corrected chi connectivity index (χ3v) is 6.94. The lowest BCUT2D eigenvalue weighted by Crippen LogP contribution is -2.25. The molecule has 0 unspecified atom stereocenters. The zero-order valence-corrected chi connectivity index (χ0v) is 13.3. The van der Waals surface area contributed by atoms with E-state index in [9.17, 15) is 0 Å². The first-order valence-corrected chi connectivity index (χ1v) is 8.05. The zero-order chi connectivity index (χ0) is 11.3. The summed E-state index contributed by atoms with van der Waals surface area (Å²) in [6.45, 7) is 0. The first-order valence-electron chi connectivity index (χ1n) is 5.42. The van der Waals surface area contributed by atoms with E-state index in [0.29, 0.717) is 21.5 Å². The molecule has 0 nitrogen and oxygen atoms in total. The molecule has 0 fully saturated rings. The molecular formula is C13H11Br3. The van der Waals surface area contributed by atoms with E-state index in [4.69, 9.17) is 0 Å². The molecule has 0 bridgehead atoms. The fourth-order valence-electron chi connectivity index (χ4n) is 2.75. The second kappa shape index (κ2) is 4.25. The van der Waals surface area contributed by atoms with Gasteiger partial charge in [0.15, 0.2) is 0 Å². The Bertz CT molecular complexity index is 452. The van der Waals surface area contributed by atoms with E-state index >= 15 is 0 Å². The van der Waals surface area contributed by atoms with Crippen molar-refractivity contribution in [3.63, 3.8) is 0 Å². The van der Waals surface area contributed by atoms with Crippen molar-refractivity contribution in [3.8, 4) is 0 Å². The van der Waals surface area contributed by atoms with E-state index in [1.807, 2.05) is 0 Å². The molecule has 84 valence electrons. The summed E-state index contributed by atoms with van der Waals surface area (Å²) in [7, 11) is 0. The fourth-order valence-corrected chi connectivity index (χ4v) is 4.95. The molecule has 0 amide bonds. The molecule has 0 aromatic heterocycles. The van der Waals surface area contributed by atoms with Gasteiger partial charge in [0.25, 0.3) is 0 Å². The number of fused-ring (bicyclic) bond motifs is 1. The molecule has 0 N–H and O–H groups in total. The van der Waals surface area contributed by atoms with Crippen LogP contribution in [0.3, 0.4) is 0 Å². The van der Waals surface area contributed by atoms with Crippen molar-refractivity contribution < 1.29 is 0 Å². The van der Waals surface area contributed by atoms with Crippen molar-refractivity contribution in [2.24, 2.45) is 5.92 Å². The molecule has 2 aliphatic carbocycles. The van der Waals surface area contributed by atoms with Gasteiger partial charge in [-0.3, -0.25) is 0 Å². The smallest absolute Gasteiger partial charge is 0.0472 e. The maximum Gasteiger partial charge on any atom is 0.0472 e. The molecule has 0 saturated heterocycles. The minimum atomic E-state index is 0.505. The molecule has 0 radical (unpaired) electrons. The zero-order valence-electron chi connectivity index (χ0n) is 8.54. The Morgan fingerprint density at radius 2 is 1.75 bits per heavy atom. The number of benzene rings is 1. The Balaban J connectivity index is 1.90. The molecule has 0 aliphatic heterocycles. The second-order valence-corrected chi connectivity index (χ2v) is 7.48. The summed E-state index contributed by atoms with van der Waals surface area (Å²) in [6, 6.07) is 8.76. The van der Waals surface area contributed by atoms with Crippen LogP contribution in [0.15, 0.2) is 34.8 Å². The molecule has 2 aliphatic rings. The number of rotatable bonds is 1. The van der Waals surface area contributed by atoms with Gasteiger partial charge in [-0.2, -0.15) is 0 Å². The second-order valence-electron chi connectivity index (χ2n) is 4.48. The summed E-state index contributed by atoms with van der Waals surface area (Å²) >= 11 is 11.1. The summed E-state index contributed by atoms with van der Waals surface area (Å²) in [5.41, 5.74) is 2.99. The number of allylic oxidation sites excluding steroid dienone is 2. The van der Waals surface area contributed by atoms with Gasteiger partial charge in [-0.05, 0) is 23.5 Å². The highest BCUT2D eigenvalue weighted by Gasteiger charge is 2.42. The van der Waals surface area contributed by atoms with Gasteiger partial charge in [-0.25, -0.2) is 0 Å². The van der Waals surface area contributed by atoms with Crippen molar-refractivity contribution in [2.75, 3.05) is 0 Å².